The first-order valence-electron chi connectivity index (χ1n) is 8.83. The molecule has 0 bridgehead atoms. The first kappa shape index (κ1) is 24.3. The van der Waals surface area contributed by atoms with Crippen molar-refractivity contribution < 1.29 is 26.9 Å². The molecule has 0 unspecified atom stereocenters. The zero-order valence-electron chi connectivity index (χ0n) is 16.9. The highest BCUT2D eigenvalue weighted by molar-refractivity contribution is 7.99. The summed E-state index contributed by atoms with van der Waals surface area (Å²) in [5, 5.41) is 10.9. The molecule has 0 aliphatic rings. The minimum absolute atomic E-state index is 0.0186. The number of hydrogen-bond acceptors (Lipinski definition) is 7. The Labute approximate surface area is 190 Å². The van der Waals surface area contributed by atoms with Crippen LogP contribution in [0, 0.1) is 5.82 Å². The minimum Gasteiger partial charge on any atom is -0.495 e. The van der Waals surface area contributed by atoms with Crippen LogP contribution in [0.25, 0.3) is 0 Å². The fourth-order valence-corrected chi connectivity index (χ4v) is 4.45. The number of rotatable bonds is 6. The van der Waals surface area contributed by atoms with Crippen LogP contribution in [-0.2, 0) is 10.7 Å². The van der Waals surface area contributed by atoms with Crippen molar-refractivity contribution in [1.29, 1.82) is 0 Å². The molecule has 0 saturated carbocycles. The quantitative estimate of drug-likeness (QED) is 0.333. The molecule has 0 spiro atoms. The van der Waals surface area contributed by atoms with Crippen LogP contribution < -0.4 is 15.4 Å². The smallest absolute Gasteiger partial charge is 0.416 e. The topological polar surface area (TPSA) is 77.0 Å². The maximum absolute atomic E-state index is 13.7. The number of anilines is 2. The minimum atomic E-state index is -4.71. The van der Waals surface area contributed by atoms with Gasteiger partial charge in [0.05, 0.1) is 18.4 Å². The average molecular weight is 507 g/mol. The van der Waals surface area contributed by atoms with E-state index in [1.807, 2.05) is 0 Å². The Kier molecular flexibility index (Phi) is 7.02. The first-order valence-corrected chi connectivity index (χ1v) is 12.6. The lowest BCUT2D eigenvalue weighted by atomic mass is 10.2. The number of methoxy groups -OCH3 is 1. The second kappa shape index (κ2) is 9.25. The van der Waals surface area contributed by atoms with Gasteiger partial charge in [0.15, 0.2) is 5.15 Å². The van der Waals surface area contributed by atoms with Crippen molar-refractivity contribution in [1.82, 2.24) is 15.2 Å². The van der Waals surface area contributed by atoms with Crippen LogP contribution >= 0.6 is 30.5 Å². The van der Waals surface area contributed by atoms with Crippen LogP contribution in [-0.4, -0.2) is 35.6 Å². The Morgan fingerprint density at radius 2 is 1.84 bits per heavy atom. The maximum Gasteiger partial charge on any atom is 0.416 e. The van der Waals surface area contributed by atoms with Gasteiger partial charge >= 0.3 is 6.18 Å². The molecule has 2 aromatic carbocycles. The number of nitrogens with zero attached hydrogens (tertiary/aromatic N) is 3. The van der Waals surface area contributed by atoms with E-state index in [0.717, 1.165) is 12.1 Å². The van der Waals surface area contributed by atoms with Crippen molar-refractivity contribution in [2.45, 2.75) is 16.1 Å². The van der Waals surface area contributed by atoms with Gasteiger partial charge in [0.25, 0.3) is 0 Å². The van der Waals surface area contributed by atoms with Crippen molar-refractivity contribution in [2.75, 3.05) is 25.8 Å². The number of ether oxygens (including phenoxy) is 1. The maximum atomic E-state index is 13.7. The molecule has 0 fully saturated rings. The van der Waals surface area contributed by atoms with Crippen molar-refractivity contribution in [3.63, 3.8) is 0 Å². The molecular weight excluding hydrogens is 491 g/mol. The van der Waals surface area contributed by atoms with Crippen LogP contribution in [0.5, 0.6) is 5.75 Å². The highest BCUT2D eigenvalue weighted by Gasteiger charge is 2.31. The Bertz CT molecular complexity index is 1210. The fourth-order valence-electron chi connectivity index (χ4n) is 2.55. The molecule has 0 radical (unpaired) electrons. The third kappa shape index (κ3) is 5.90. The SMILES string of the molecule is COc1cc(P(C)(C)=O)ccc1Nc1nnc(Cl)c(Sc2cc(F)cc(C(F)(F)F)c2)n1. The summed E-state index contributed by atoms with van der Waals surface area (Å²) in [6.45, 7) is 3.25. The lowest BCUT2D eigenvalue weighted by molar-refractivity contribution is -0.137. The molecule has 3 rings (SSSR count). The van der Waals surface area contributed by atoms with Gasteiger partial charge in [-0.05, 0) is 49.7 Å². The molecule has 1 aromatic heterocycles. The van der Waals surface area contributed by atoms with Gasteiger partial charge in [-0.25, -0.2) is 9.37 Å². The summed E-state index contributed by atoms with van der Waals surface area (Å²) in [6, 6.07) is 7.03. The summed E-state index contributed by atoms with van der Waals surface area (Å²) in [6.07, 6.45) is -4.71. The lowest BCUT2D eigenvalue weighted by Crippen LogP contribution is -2.07. The standard InChI is InChI=1S/C19H16ClF4N4O2PS/c1-30-15-9-12(31(2,3)29)4-5-14(15)25-18-26-17(16(20)27-28-18)32-13-7-10(19(22,23)24)6-11(21)8-13/h4-9H,1-3H3,(H,25,26,28). The second-order valence-electron chi connectivity index (χ2n) is 6.87. The van der Waals surface area contributed by atoms with Crippen LogP contribution in [0.4, 0.5) is 29.2 Å². The number of alkyl halides is 3. The number of aromatic nitrogens is 3. The highest BCUT2D eigenvalue weighted by Crippen LogP contribution is 2.39. The molecule has 3 aromatic rings. The van der Waals surface area contributed by atoms with Crippen LogP contribution in [0.15, 0.2) is 46.3 Å². The van der Waals surface area contributed by atoms with E-state index >= 15 is 0 Å². The van der Waals surface area contributed by atoms with Crippen LogP contribution in [0.3, 0.4) is 0 Å². The van der Waals surface area contributed by atoms with Gasteiger partial charge in [0.2, 0.25) is 5.95 Å². The van der Waals surface area contributed by atoms with Crippen molar-refractivity contribution in [2.24, 2.45) is 0 Å². The van der Waals surface area contributed by atoms with Crippen LogP contribution in [0.1, 0.15) is 5.56 Å². The molecule has 170 valence electrons. The second-order valence-corrected chi connectivity index (χ2v) is 11.5. The predicted molar refractivity (Wildman–Crippen MR) is 116 cm³/mol. The molecule has 6 nitrogen and oxygen atoms in total. The summed E-state index contributed by atoms with van der Waals surface area (Å²) >= 11 is 6.70. The van der Waals surface area contributed by atoms with E-state index in [1.165, 1.54) is 7.11 Å². The van der Waals surface area contributed by atoms with Crippen molar-refractivity contribution in [3.8, 4) is 5.75 Å². The van der Waals surface area contributed by atoms with Crippen LogP contribution in [0.2, 0.25) is 5.15 Å². The number of halogens is 5. The summed E-state index contributed by atoms with van der Waals surface area (Å²) in [5.41, 5.74) is -0.694. The molecule has 0 atom stereocenters. The van der Waals surface area contributed by atoms with Gasteiger partial charge < -0.3 is 14.6 Å². The molecule has 0 aliphatic carbocycles. The average Bonchev–Trinajstić information content (AvgIpc) is 2.69. The van der Waals surface area contributed by atoms with E-state index in [4.69, 9.17) is 16.3 Å². The molecule has 32 heavy (non-hydrogen) atoms. The Hall–Kier alpha value is -2.36. The zero-order valence-corrected chi connectivity index (χ0v) is 19.3. The summed E-state index contributed by atoms with van der Waals surface area (Å²) in [7, 11) is -1.08. The monoisotopic (exact) mass is 506 g/mol. The normalized spacial score (nSPS) is 12.0. The van der Waals surface area contributed by atoms with Gasteiger partial charge in [-0.15, -0.1) is 10.2 Å². The predicted octanol–water partition coefficient (Wildman–Crippen LogP) is 5.83. The lowest BCUT2D eigenvalue weighted by Gasteiger charge is -2.14. The van der Waals surface area contributed by atoms with Gasteiger partial charge in [0.1, 0.15) is 23.7 Å². The first-order chi connectivity index (χ1) is 14.9. The van der Waals surface area contributed by atoms with E-state index in [1.54, 1.807) is 31.5 Å². The molecular formula is C19H16ClF4N4O2PS. The van der Waals surface area contributed by atoms with E-state index in [2.05, 4.69) is 20.5 Å². The van der Waals surface area contributed by atoms with E-state index in [9.17, 15) is 22.1 Å². The fraction of sp³-hybridized carbons (Fsp3) is 0.211. The summed E-state index contributed by atoms with van der Waals surface area (Å²) < 4.78 is 70.2. The number of nitrogens with one attached hydrogen (secondary N) is 1. The molecule has 0 saturated heterocycles. The number of benzene rings is 2. The zero-order chi connectivity index (χ0) is 23.7. The molecule has 1 N–H and O–H groups in total. The number of hydrogen-bond donors (Lipinski definition) is 1. The summed E-state index contributed by atoms with van der Waals surface area (Å²) in [5.74, 6) is -0.696. The van der Waals surface area contributed by atoms with E-state index in [0.29, 0.717) is 34.6 Å². The Morgan fingerprint density at radius 1 is 1.12 bits per heavy atom. The van der Waals surface area contributed by atoms with Gasteiger partial charge in [-0.2, -0.15) is 13.2 Å². The van der Waals surface area contributed by atoms with Crippen molar-refractivity contribution >= 4 is 47.4 Å². The molecule has 1 heterocycles. The Balaban J connectivity index is 1.91. The van der Waals surface area contributed by atoms with Gasteiger partial charge in [-0.3, -0.25) is 0 Å². The largest absolute Gasteiger partial charge is 0.495 e. The van der Waals surface area contributed by atoms with Crippen molar-refractivity contribution in [3.05, 3.63) is 52.9 Å². The third-order valence-corrected chi connectivity index (χ3v) is 6.92. The summed E-state index contributed by atoms with van der Waals surface area (Å²) in [4.78, 5) is 4.10. The van der Waals surface area contributed by atoms with Gasteiger partial charge in [-0.1, -0.05) is 23.4 Å². The molecule has 13 heteroatoms. The highest BCUT2D eigenvalue weighted by atomic mass is 35.5. The van der Waals surface area contributed by atoms with E-state index < -0.39 is 24.7 Å². The third-order valence-electron chi connectivity index (χ3n) is 4.08. The Morgan fingerprint density at radius 3 is 2.47 bits per heavy atom. The molecule has 0 amide bonds. The molecule has 0 aliphatic heterocycles. The van der Waals surface area contributed by atoms with E-state index in [-0.39, 0.29) is 21.0 Å². The van der Waals surface area contributed by atoms with Gasteiger partial charge in [0, 0.05) is 10.2 Å².